The first kappa shape index (κ1) is 19.0. The molecule has 0 atom stereocenters. The van der Waals surface area contributed by atoms with Crippen molar-refractivity contribution in [3.8, 4) is 17.6 Å². The average molecular weight is 354 g/mol. The predicted molar refractivity (Wildman–Crippen MR) is 96.2 cm³/mol. The molecule has 134 valence electrons. The van der Waals surface area contributed by atoms with Crippen molar-refractivity contribution < 1.29 is 18.7 Å². The first-order valence-corrected chi connectivity index (χ1v) is 8.00. The third-order valence-corrected chi connectivity index (χ3v) is 3.51. The molecule has 1 amide bonds. The van der Waals surface area contributed by atoms with Crippen LogP contribution >= 0.6 is 0 Å². The molecule has 0 radical (unpaired) electrons. The molecule has 0 bridgehead atoms. The Hall–Kier alpha value is -3.33. The van der Waals surface area contributed by atoms with Crippen molar-refractivity contribution in [2.24, 2.45) is 0 Å². The van der Waals surface area contributed by atoms with Crippen LogP contribution in [0.3, 0.4) is 0 Å². The zero-order valence-electron chi connectivity index (χ0n) is 14.4. The number of hydrogen-bond donors (Lipinski definition) is 1. The van der Waals surface area contributed by atoms with Crippen LogP contribution in [0.1, 0.15) is 11.1 Å². The van der Waals surface area contributed by atoms with Crippen LogP contribution in [0.4, 0.5) is 4.39 Å². The highest BCUT2D eigenvalue weighted by Gasteiger charge is 2.05. The highest BCUT2D eigenvalue weighted by molar-refractivity contribution is 5.91. The van der Waals surface area contributed by atoms with Crippen LogP contribution in [0, 0.1) is 17.1 Å². The van der Waals surface area contributed by atoms with Gasteiger partial charge in [-0.1, -0.05) is 18.2 Å². The lowest BCUT2D eigenvalue weighted by molar-refractivity contribution is -0.116. The molecule has 2 rings (SSSR count). The number of nitriles is 1. The number of carbonyl (C=O) groups excluding carboxylic acids is 1. The number of ether oxygens (including phenoxy) is 2. The number of rotatable bonds is 8. The zero-order valence-corrected chi connectivity index (χ0v) is 14.4. The molecule has 0 saturated carbocycles. The van der Waals surface area contributed by atoms with Crippen molar-refractivity contribution in [2.45, 2.75) is 6.42 Å². The summed E-state index contributed by atoms with van der Waals surface area (Å²) in [5.74, 6) is 0.412. The summed E-state index contributed by atoms with van der Waals surface area (Å²) in [4.78, 5) is 11.9. The lowest BCUT2D eigenvalue weighted by Crippen LogP contribution is -2.23. The third-order valence-electron chi connectivity index (χ3n) is 3.51. The summed E-state index contributed by atoms with van der Waals surface area (Å²) in [6, 6.07) is 13.3. The lowest BCUT2D eigenvalue weighted by Gasteiger charge is -2.08. The van der Waals surface area contributed by atoms with Gasteiger partial charge >= 0.3 is 0 Å². The quantitative estimate of drug-likeness (QED) is 0.740. The molecule has 0 fully saturated rings. The van der Waals surface area contributed by atoms with Gasteiger partial charge in [-0.2, -0.15) is 5.26 Å². The number of methoxy groups -OCH3 is 1. The van der Waals surface area contributed by atoms with E-state index >= 15 is 0 Å². The molecule has 0 heterocycles. The van der Waals surface area contributed by atoms with Gasteiger partial charge in [0.25, 0.3) is 0 Å². The first-order valence-electron chi connectivity index (χ1n) is 8.00. The van der Waals surface area contributed by atoms with Crippen molar-refractivity contribution in [1.82, 2.24) is 5.32 Å². The van der Waals surface area contributed by atoms with E-state index in [9.17, 15) is 9.18 Å². The van der Waals surface area contributed by atoms with E-state index in [-0.39, 0.29) is 18.3 Å². The Labute approximate surface area is 151 Å². The number of halogens is 1. The minimum absolute atomic E-state index is 0.0702. The largest absolute Gasteiger partial charge is 0.493 e. The van der Waals surface area contributed by atoms with Crippen LogP contribution in [0.15, 0.2) is 48.5 Å². The maximum Gasteiger partial charge on any atom is 0.244 e. The minimum atomic E-state index is -0.287. The molecular formula is C20H19FN2O3. The van der Waals surface area contributed by atoms with Crippen molar-refractivity contribution in [2.75, 3.05) is 20.3 Å². The number of benzene rings is 2. The highest BCUT2D eigenvalue weighted by atomic mass is 19.1. The second-order valence-electron chi connectivity index (χ2n) is 5.36. The fraction of sp³-hybridized carbons (Fsp3) is 0.200. The summed E-state index contributed by atoms with van der Waals surface area (Å²) in [5.41, 5.74) is 1.58. The van der Waals surface area contributed by atoms with Gasteiger partial charge in [-0.3, -0.25) is 4.79 Å². The SMILES string of the molecule is COc1cc(/C=C/C(=O)NCCc2cccc(F)c2)ccc1OCC#N. The topological polar surface area (TPSA) is 71.3 Å². The Kier molecular flexibility index (Phi) is 7.19. The molecule has 0 spiro atoms. The fourth-order valence-corrected chi connectivity index (χ4v) is 2.27. The molecule has 6 heteroatoms. The molecule has 0 unspecified atom stereocenters. The van der Waals surface area contributed by atoms with Crippen LogP contribution in [0.5, 0.6) is 11.5 Å². The van der Waals surface area contributed by atoms with E-state index < -0.39 is 0 Å². The Bertz CT molecular complexity index is 828. The maximum atomic E-state index is 13.1. The average Bonchev–Trinajstić information content (AvgIpc) is 2.65. The molecule has 26 heavy (non-hydrogen) atoms. The van der Waals surface area contributed by atoms with Crippen molar-refractivity contribution in [3.05, 3.63) is 65.5 Å². The van der Waals surface area contributed by atoms with E-state index in [1.807, 2.05) is 12.1 Å². The Morgan fingerprint density at radius 2 is 2.12 bits per heavy atom. The van der Waals surface area contributed by atoms with E-state index in [0.29, 0.717) is 24.5 Å². The Morgan fingerprint density at radius 3 is 2.85 bits per heavy atom. The van der Waals surface area contributed by atoms with E-state index in [4.69, 9.17) is 14.7 Å². The van der Waals surface area contributed by atoms with Gasteiger partial charge in [-0.25, -0.2) is 4.39 Å². The summed E-state index contributed by atoms with van der Waals surface area (Å²) in [6.45, 7) is 0.343. The van der Waals surface area contributed by atoms with Gasteiger partial charge in [0.05, 0.1) is 7.11 Å². The number of nitrogens with one attached hydrogen (secondary N) is 1. The van der Waals surface area contributed by atoms with Gasteiger partial charge < -0.3 is 14.8 Å². The smallest absolute Gasteiger partial charge is 0.244 e. The fourth-order valence-electron chi connectivity index (χ4n) is 2.27. The summed E-state index contributed by atoms with van der Waals surface area (Å²) in [7, 11) is 1.50. The maximum absolute atomic E-state index is 13.1. The van der Waals surface area contributed by atoms with Crippen LogP contribution in [-0.4, -0.2) is 26.2 Å². The van der Waals surface area contributed by atoms with Gasteiger partial charge in [0, 0.05) is 12.6 Å². The monoisotopic (exact) mass is 354 g/mol. The minimum Gasteiger partial charge on any atom is -0.493 e. The molecule has 0 saturated heterocycles. The lowest BCUT2D eigenvalue weighted by atomic mass is 10.1. The summed E-state index contributed by atoms with van der Waals surface area (Å²) in [5, 5.41) is 11.3. The predicted octanol–water partition coefficient (Wildman–Crippen LogP) is 3.11. The van der Waals surface area contributed by atoms with Crippen molar-refractivity contribution in [1.29, 1.82) is 5.26 Å². The molecule has 0 aromatic heterocycles. The third kappa shape index (κ3) is 5.95. The van der Waals surface area contributed by atoms with E-state index in [2.05, 4.69) is 5.32 Å². The van der Waals surface area contributed by atoms with Crippen molar-refractivity contribution >= 4 is 12.0 Å². The van der Waals surface area contributed by atoms with Gasteiger partial charge in [-0.05, 0) is 47.9 Å². The molecule has 0 aliphatic heterocycles. The molecule has 0 aliphatic carbocycles. The number of nitrogens with zero attached hydrogens (tertiary/aromatic N) is 1. The number of hydrogen-bond acceptors (Lipinski definition) is 4. The van der Waals surface area contributed by atoms with Crippen LogP contribution in [0.25, 0.3) is 6.08 Å². The highest BCUT2D eigenvalue weighted by Crippen LogP contribution is 2.28. The molecule has 5 nitrogen and oxygen atoms in total. The Balaban J connectivity index is 1.88. The molecule has 0 aliphatic rings. The molecule has 2 aromatic carbocycles. The van der Waals surface area contributed by atoms with Crippen LogP contribution in [0.2, 0.25) is 0 Å². The summed E-state index contributed by atoms with van der Waals surface area (Å²) >= 11 is 0. The zero-order chi connectivity index (χ0) is 18.8. The van der Waals surface area contributed by atoms with E-state index in [1.165, 1.54) is 25.3 Å². The van der Waals surface area contributed by atoms with Crippen molar-refractivity contribution in [3.63, 3.8) is 0 Å². The van der Waals surface area contributed by atoms with Gasteiger partial charge in [0.1, 0.15) is 11.9 Å². The normalized spacial score (nSPS) is 10.3. The molecule has 1 N–H and O–H groups in total. The van der Waals surface area contributed by atoms with Crippen LogP contribution < -0.4 is 14.8 Å². The van der Waals surface area contributed by atoms with Gasteiger partial charge in [0.15, 0.2) is 18.1 Å². The standard InChI is InChI=1S/C20H19FN2O3/c1-25-19-14-16(5-7-18(19)26-12-10-22)6-8-20(24)23-11-9-15-3-2-4-17(21)13-15/h2-8,13-14H,9,11-12H2,1H3,(H,23,24)/b8-6+. The summed E-state index contributed by atoms with van der Waals surface area (Å²) in [6.07, 6.45) is 3.61. The second-order valence-corrected chi connectivity index (χ2v) is 5.36. The number of carbonyl (C=O) groups is 1. The molecule has 2 aromatic rings. The van der Waals surface area contributed by atoms with Crippen LogP contribution in [-0.2, 0) is 11.2 Å². The van der Waals surface area contributed by atoms with Gasteiger partial charge in [-0.15, -0.1) is 0 Å². The number of amides is 1. The molecular weight excluding hydrogens is 335 g/mol. The second kappa shape index (κ2) is 9.84. The summed E-state index contributed by atoms with van der Waals surface area (Å²) < 4.78 is 23.5. The van der Waals surface area contributed by atoms with Gasteiger partial charge in [0.2, 0.25) is 5.91 Å². The van der Waals surface area contributed by atoms with E-state index in [0.717, 1.165) is 11.1 Å². The Morgan fingerprint density at radius 1 is 1.27 bits per heavy atom. The first-order chi connectivity index (χ1) is 12.6. The van der Waals surface area contributed by atoms with E-state index in [1.54, 1.807) is 30.3 Å².